The Bertz CT molecular complexity index is 169. The second kappa shape index (κ2) is 6.82. The molecular weight excluding hydrogens is 176 g/mol. The van der Waals surface area contributed by atoms with Gasteiger partial charge in [0.1, 0.15) is 0 Å². The van der Waals surface area contributed by atoms with Crippen molar-refractivity contribution in [2.24, 2.45) is 0 Å². The summed E-state index contributed by atoms with van der Waals surface area (Å²) in [7, 11) is 4.16. The van der Waals surface area contributed by atoms with Crippen LogP contribution in [0.15, 0.2) is 0 Å². The number of likely N-dealkylation sites (N-methyl/N-ethyl adjacent to an activating group) is 1. The largest absolute Gasteiger partial charge is 0.341 e. The van der Waals surface area contributed by atoms with E-state index in [0.717, 1.165) is 19.5 Å². The first-order valence-corrected chi connectivity index (χ1v) is 5.53. The van der Waals surface area contributed by atoms with Gasteiger partial charge in [0.25, 0.3) is 0 Å². The SMILES string of the molecule is CC.CC(=O)N1CCCC(N(C)C)C1. The van der Waals surface area contributed by atoms with E-state index in [-0.39, 0.29) is 5.91 Å². The molecule has 0 aromatic heterocycles. The van der Waals surface area contributed by atoms with Gasteiger partial charge in [0.15, 0.2) is 0 Å². The Labute approximate surface area is 88.1 Å². The first kappa shape index (κ1) is 13.4. The average molecular weight is 200 g/mol. The van der Waals surface area contributed by atoms with E-state index in [0.29, 0.717) is 6.04 Å². The number of rotatable bonds is 1. The number of carbonyl (C=O) groups excluding carboxylic acids is 1. The van der Waals surface area contributed by atoms with E-state index >= 15 is 0 Å². The van der Waals surface area contributed by atoms with E-state index < -0.39 is 0 Å². The zero-order chi connectivity index (χ0) is 11.1. The van der Waals surface area contributed by atoms with Gasteiger partial charge in [-0.05, 0) is 26.9 Å². The molecule has 0 radical (unpaired) electrons. The van der Waals surface area contributed by atoms with Gasteiger partial charge < -0.3 is 9.80 Å². The fourth-order valence-electron chi connectivity index (χ4n) is 1.66. The van der Waals surface area contributed by atoms with E-state index in [4.69, 9.17) is 0 Å². The van der Waals surface area contributed by atoms with Gasteiger partial charge >= 0.3 is 0 Å². The fraction of sp³-hybridized carbons (Fsp3) is 0.909. The molecule has 0 N–H and O–H groups in total. The molecule has 0 spiro atoms. The zero-order valence-electron chi connectivity index (χ0n) is 10.2. The molecule has 1 fully saturated rings. The van der Waals surface area contributed by atoms with Crippen molar-refractivity contribution in [1.82, 2.24) is 9.80 Å². The Kier molecular flexibility index (Phi) is 6.54. The van der Waals surface area contributed by atoms with Crippen LogP contribution in [0.25, 0.3) is 0 Å². The minimum absolute atomic E-state index is 0.210. The van der Waals surface area contributed by atoms with E-state index in [9.17, 15) is 4.79 Å². The van der Waals surface area contributed by atoms with Crippen LogP contribution in [0.3, 0.4) is 0 Å². The number of carbonyl (C=O) groups is 1. The Morgan fingerprint density at radius 3 is 2.36 bits per heavy atom. The summed E-state index contributed by atoms with van der Waals surface area (Å²) >= 11 is 0. The molecule has 1 heterocycles. The molecule has 3 heteroatoms. The van der Waals surface area contributed by atoms with Crippen molar-refractivity contribution in [3.63, 3.8) is 0 Å². The van der Waals surface area contributed by atoms with Gasteiger partial charge in [0.05, 0.1) is 0 Å². The summed E-state index contributed by atoms with van der Waals surface area (Å²) in [4.78, 5) is 15.2. The normalized spacial score (nSPS) is 21.6. The Balaban J connectivity index is 0.000000791. The van der Waals surface area contributed by atoms with Gasteiger partial charge in [0, 0.05) is 26.1 Å². The number of hydrogen-bond acceptors (Lipinski definition) is 2. The average Bonchev–Trinajstić information content (AvgIpc) is 2.21. The summed E-state index contributed by atoms with van der Waals surface area (Å²) in [6.45, 7) is 7.50. The maximum absolute atomic E-state index is 11.1. The van der Waals surface area contributed by atoms with Gasteiger partial charge in [0.2, 0.25) is 5.91 Å². The highest BCUT2D eigenvalue weighted by Gasteiger charge is 2.22. The Hall–Kier alpha value is -0.570. The maximum atomic E-state index is 11.1. The van der Waals surface area contributed by atoms with E-state index in [2.05, 4.69) is 19.0 Å². The third-order valence-electron chi connectivity index (χ3n) is 2.57. The number of piperidine rings is 1. The molecule has 1 unspecified atom stereocenters. The van der Waals surface area contributed by atoms with Crippen molar-refractivity contribution in [2.75, 3.05) is 27.2 Å². The topological polar surface area (TPSA) is 23.6 Å². The maximum Gasteiger partial charge on any atom is 0.219 e. The Morgan fingerprint density at radius 2 is 1.93 bits per heavy atom. The van der Waals surface area contributed by atoms with Crippen LogP contribution in [-0.2, 0) is 4.79 Å². The van der Waals surface area contributed by atoms with Crippen LogP contribution in [0, 0.1) is 0 Å². The van der Waals surface area contributed by atoms with Crippen LogP contribution in [0.2, 0.25) is 0 Å². The van der Waals surface area contributed by atoms with Crippen LogP contribution < -0.4 is 0 Å². The molecule has 3 nitrogen and oxygen atoms in total. The molecule has 1 aliphatic heterocycles. The lowest BCUT2D eigenvalue weighted by Crippen LogP contribution is -2.46. The summed E-state index contributed by atoms with van der Waals surface area (Å²) < 4.78 is 0. The monoisotopic (exact) mass is 200 g/mol. The molecule has 84 valence electrons. The van der Waals surface area contributed by atoms with E-state index in [1.807, 2.05) is 18.7 Å². The van der Waals surface area contributed by atoms with Gasteiger partial charge in [-0.2, -0.15) is 0 Å². The number of hydrogen-bond donors (Lipinski definition) is 0. The van der Waals surface area contributed by atoms with Crippen LogP contribution in [0.4, 0.5) is 0 Å². The molecule has 1 atom stereocenters. The molecule has 1 rings (SSSR count). The second-order valence-corrected chi connectivity index (χ2v) is 3.72. The molecule has 0 aliphatic carbocycles. The third kappa shape index (κ3) is 4.09. The highest BCUT2D eigenvalue weighted by Crippen LogP contribution is 2.13. The quantitative estimate of drug-likeness (QED) is 0.641. The first-order valence-electron chi connectivity index (χ1n) is 5.53. The summed E-state index contributed by atoms with van der Waals surface area (Å²) in [5.41, 5.74) is 0. The summed E-state index contributed by atoms with van der Waals surface area (Å²) in [6, 6.07) is 0.558. The van der Waals surface area contributed by atoms with Crippen molar-refractivity contribution in [3.05, 3.63) is 0 Å². The molecule has 1 aliphatic rings. The summed E-state index contributed by atoms with van der Waals surface area (Å²) in [5.74, 6) is 0.210. The predicted molar refractivity (Wildman–Crippen MR) is 60.3 cm³/mol. The lowest BCUT2D eigenvalue weighted by atomic mass is 10.1. The fourth-order valence-corrected chi connectivity index (χ4v) is 1.66. The van der Waals surface area contributed by atoms with Crippen molar-refractivity contribution in [3.8, 4) is 0 Å². The Morgan fingerprint density at radius 1 is 1.36 bits per heavy atom. The van der Waals surface area contributed by atoms with Crippen molar-refractivity contribution < 1.29 is 4.79 Å². The van der Waals surface area contributed by atoms with Gasteiger partial charge in [-0.3, -0.25) is 4.79 Å². The molecule has 1 amide bonds. The number of likely N-dealkylation sites (tertiary alicyclic amines) is 1. The van der Waals surface area contributed by atoms with E-state index in [1.165, 1.54) is 6.42 Å². The molecule has 0 bridgehead atoms. The van der Waals surface area contributed by atoms with Crippen LogP contribution >= 0.6 is 0 Å². The summed E-state index contributed by atoms with van der Waals surface area (Å²) in [5, 5.41) is 0. The molecule has 1 saturated heterocycles. The van der Waals surface area contributed by atoms with Gasteiger partial charge in [-0.25, -0.2) is 0 Å². The van der Waals surface area contributed by atoms with E-state index in [1.54, 1.807) is 6.92 Å². The van der Waals surface area contributed by atoms with Gasteiger partial charge in [-0.15, -0.1) is 0 Å². The third-order valence-corrected chi connectivity index (χ3v) is 2.57. The first-order chi connectivity index (χ1) is 6.61. The van der Waals surface area contributed by atoms with Gasteiger partial charge in [-0.1, -0.05) is 13.8 Å². The van der Waals surface area contributed by atoms with Crippen LogP contribution in [-0.4, -0.2) is 48.9 Å². The highest BCUT2D eigenvalue weighted by molar-refractivity contribution is 5.73. The van der Waals surface area contributed by atoms with Crippen molar-refractivity contribution >= 4 is 5.91 Å². The predicted octanol–water partition coefficient (Wildman–Crippen LogP) is 1.59. The number of nitrogens with zero attached hydrogens (tertiary/aromatic N) is 2. The molecule has 0 saturated carbocycles. The smallest absolute Gasteiger partial charge is 0.219 e. The van der Waals surface area contributed by atoms with Crippen molar-refractivity contribution in [2.45, 2.75) is 39.7 Å². The molecule has 0 aromatic carbocycles. The minimum Gasteiger partial charge on any atom is -0.341 e. The lowest BCUT2D eigenvalue weighted by molar-refractivity contribution is -0.130. The van der Waals surface area contributed by atoms with Crippen LogP contribution in [0.1, 0.15) is 33.6 Å². The van der Waals surface area contributed by atoms with Crippen LogP contribution in [0.5, 0.6) is 0 Å². The molecule has 0 aromatic rings. The molecular formula is C11H24N2O. The summed E-state index contributed by atoms with van der Waals surface area (Å²) in [6.07, 6.45) is 2.36. The minimum atomic E-state index is 0.210. The molecule has 14 heavy (non-hydrogen) atoms. The second-order valence-electron chi connectivity index (χ2n) is 3.72. The standard InChI is InChI=1S/C9H18N2O.C2H6/c1-8(12)11-6-4-5-9(7-11)10(2)3;1-2/h9H,4-7H2,1-3H3;1-2H3. The number of amides is 1. The zero-order valence-corrected chi connectivity index (χ0v) is 10.2. The lowest BCUT2D eigenvalue weighted by Gasteiger charge is -2.35. The highest BCUT2D eigenvalue weighted by atomic mass is 16.2. The van der Waals surface area contributed by atoms with Crippen molar-refractivity contribution in [1.29, 1.82) is 0 Å².